The predicted octanol–water partition coefficient (Wildman–Crippen LogP) is 2.74. The first-order valence-corrected chi connectivity index (χ1v) is 8.45. The van der Waals surface area contributed by atoms with Crippen molar-refractivity contribution in [2.45, 2.75) is 19.4 Å². The number of rotatable bonds is 7. The first kappa shape index (κ1) is 17.8. The Balaban J connectivity index is 1.66. The number of nitrogens with one attached hydrogen (secondary N) is 2. The lowest BCUT2D eigenvalue weighted by atomic mass is 10.0. The van der Waals surface area contributed by atoms with Gasteiger partial charge in [0.05, 0.1) is 19.9 Å². The number of carbonyl (C=O) groups excluding carboxylic acids is 2. The molecule has 1 fully saturated rings. The smallest absolute Gasteiger partial charge is 0.240 e. The summed E-state index contributed by atoms with van der Waals surface area (Å²) in [5, 5.41) is 5.68. The molecule has 3 rings (SSSR count). The first-order chi connectivity index (χ1) is 12.6. The maximum absolute atomic E-state index is 12.7. The van der Waals surface area contributed by atoms with Gasteiger partial charge in [-0.25, -0.2) is 0 Å². The minimum absolute atomic E-state index is 0.244. The van der Waals surface area contributed by atoms with Gasteiger partial charge in [-0.2, -0.15) is 0 Å². The molecule has 6 nitrogen and oxygen atoms in total. The van der Waals surface area contributed by atoms with E-state index in [1.165, 1.54) is 7.11 Å². The Hall–Kier alpha value is -3.02. The van der Waals surface area contributed by atoms with E-state index in [-0.39, 0.29) is 11.8 Å². The average Bonchev–Trinajstić information content (AvgIpc) is 3.49. The SMILES string of the molecule is COc1ccc(NC(=O)C2(C(=O)NCc3ccccc3)CC2)c(OC)c1. The van der Waals surface area contributed by atoms with Crippen LogP contribution >= 0.6 is 0 Å². The summed E-state index contributed by atoms with van der Waals surface area (Å²) in [5.74, 6) is 0.553. The zero-order valence-corrected chi connectivity index (χ0v) is 14.9. The lowest BCUT2D eigenvalue weighted by molar-refractivity contribution is -0.134. The molecular formula is C20H22N2O4. The van der Waals surface area contributed by atoms with Gasteiger partial charge in [-0.05, 0) is 30.5 Å². The highest BCUT2D eigenvalue weighted by Crippen LogP contribution is 2.47. The maximum Gasteiger partial charge on any atom is 0.240 e. The quantitative estimate of drug-likeness (QED) is 0.750. The van der Waals surface area contributed by atoms with Gasteiger partial charge in [-0.15, -0.1) is 0 Å². The van der Waals surface area contributed by atoms with Crippen LogP contribution in [0.2, 0.25) is 0 Å². The zero-order chi connectivity index (χ0) is 18.6. The van der Waals surface area contributed by atoms with Gasteiger partial charge in [0.2, 0.25) is 11.8 Å². The second-order valence-corrected chi connectivity index (χ2v) is 6.27. The van der Waals surface area contributed by atoms with E-state index in [1.54, 1.807) is 25.3 Å². The zero-order valence-electron chi connectivity index (χ0n) is 14.9. The summed E-state index contributed by atoms with van der Waals surface area (Å²) in [7, 11) is 3.08. The molecule has 0 saturated heterocycles. The van der Waals surface area contributed by atoms with Crippen molar-refractivity contribution < 1.29 is 19.1 Å². The second-order valence-electron chi connectivity index (χ2n) is 6.27. The van der Waals surface area contributed by atoms with Crippen LogP contribution in [0, 0.1) is 5.41 Å². The fraction of sp³-hybridized carbons (Fsp3) is 0.300. The molecule has 0 radical (unpaired) electrons. The second kappa shape index (κ2) is 7.47. The summed E-state index contributed by atoms with van der Waals surface area (Å²) in [6, 6.07) is 14.7. The molecule has 0 heterocycles. The third-order valence-electron chi connectivity index (χ3n) is 4.57. The number of amides is 2. The van der Waals surface area contributed by atoms with Crippen molar-refractivity contribution in [3.05, 3.63) is 54.1 Å². The molecule has 0 bridgehead atoms. The van der Waals surface area contributed by atoms with Crippen molar-refractivity contribution in [1.29, 1.82) is 0 Å². The molecule has 6 heteroatoms. The van der Waals surface area contributed by atoms with Gasteiger partial charge in [-0.1, -0.05) is 30.3 Å². The minimum atomic E-state index is -1.00. The summed E-state index contributed by atoms with van der Waals surface area (Å²) in [6.07, 6.45) is 1.08. The van der Waals surface area contributed by atoms with Crippen molar-refractivity contribution in [1.82, 2.24) is 5.32 Å². The molecule has 2 aromatic carbocycles. The van der Waals surface area contributed by atoms with E-state index >= 15 is 0 Å². The van der Waals surface area contributed by atoms with E-state index in [2.05, 4.69) is 10.6 Å². The predicted molar refractivity (Wildman–Crippen MR) is 98.1 cm³/mol. The van der Waals surface area contributed by atoms with Crippen LogP contribution in [-0.4, -0.2) is 26.0 Å². The Kier molecular flexibility index (Phi) is 5.11. The Morgan fingerprint density at radius 1 is 1.00 bits per heavy atom. The van der Waals surface area contributed by atoms with Crippen LogP contribution in [0.1, 0.15) is 18.4 Å². The molecule has 0 aromatic heterocycles. The highest BCUT2D eigenvalue weighted by Gasteiger charge is 2.56. The lowest BCUT2D eigenvalue weighted by Crippen LogP contribution is -2.39. The van der Waals surface area contributed by atoms with E-state index in [1.807, 2.05) is 30.3 Å². The monoisotopic (exact) mass is 354 g/mol. The van der Waals surface area contributed by atoms with Gasteiger partial charge in [0.25, 0.3) is 0 Å². The van der Waals surface area contributed by atoms with Crippen molar-refractivity contribution in [3.8, 4) is 11.5 Å². The third kappa shape index (κ3) is 3.64. The molecular weight excluding hydrogens is 332 g/mol. The molecule has 2 amide bonds. The Morgan fingerprint density at radius 3 is 2.35 bits per heavy atom. The van der Waals surface area contributed by atoms with Crippen LogP contribution in [0.5, 0.6) is 11.5 Å². The molecule has 1 aliphatic rings. The normalized spacial score (nSPS) is 14.2. The minimum Gasteiger partial charge on any atom is -0.497 e. The molecule has 2 aromatic rings. The summed E-state index contributed by atoms with van der Waals surface area (Å²) < 4.78 is 10.4. The number of methoxy groups -OCH3 is 2. The average molecular weight is 354 g/mol. The summed E-state index contributed by atoms with van der Waals surface area (Å²) in [6.45, 7) is 0.403. The van der Waals surface area contributed by atoms with Gasteiger partial charge in [0.15, 0.2) is 0 Å². The Morgan fingerprint density at radius 2 is 1.73 bits per heavy atom. The standard InChI is InChI=1S/C20H22N2O4/c1-25-15-8-9-16(17(12-15)26-2)22-19(24)20(10-11-20)18(23)21-13-14-6-4-3-5-7-14/h3-9,12H,10-11,13H2,1-2H3,(H,21,23)(H,22,24). The van der Waals surface area contributed by atoms with Crippen molar-refractivity contribution in [2.75, 3.05) is 19.5 Å². The van der Waals surface area contributed by atoms with E-state index < -0.39 is 5.41 Å². The highest BCUT2D eigenvalue weighted by molar-refractivity contribution is 6.13. The number of benzene rings is 2. The molecule has 0 unspecified atom stereocenters. The molecule has 0 aliphatic heterocycles. The molecule has 1 aliphatic carbocycles. The van der Waals surface area contributed by atoms with Crippen molar-refractivity contribution >= 4 is 17.5 Å². The van der Waals surface area contributed by atoms with E-state index in [9.17, 15) is 9.59 Å². The van der Waals surface area contributed by atoms with Crippen LogP contribution in [0.15, 0.2) is 48.5 Å². The van der Waals surface area contributed by atoms with Gasteiger partial charge >= 0.3 is 0 Å². The highest BCUT2D eigenvalue weighted by atomic mass is 16.5. The molecule has 0 atom stereocenters. The fourth-order valence-corrected chi connectivity index (χ4v) is 2.77. The van der Waals surface area contributed by atoms with Crippen LogP contribution < -0.4 is 20.1 Å². The molecule has 2 N–H and O–H groups in total. The topological polar surface area (TPSA) is 76.7 Å². The van der Waals surface area contributed by atoms with Crippen molar-refractivity contribution in [2.24, 2.45) is 5.41 Å². The number of carbonyl (C=O) groups is 2. The maximum atomic E-state index is 12.7. The number of hydrogen-bond acceptors (Lipinski definition) is 4. The van der Waals surface area contributed by atoms with Gasteiger partial charge in [-0.3, -0.25) is 9.59 Å². The summed E-state index contributed by atoms with van der Waals surface area (Å²) in [5.41, 5.74) is 0.508. The molecule has 0 spiro atoms. The summed E-state index contributed by atoms with van der Waals surface area (Å²) in [4.78, 5) is 25.3. The van der Waals surface area contributed by atoms with E-state index in [0.717, 1.165) is 5.56 Å². The fourth-order valence-electron chi connectivity index (χ4n) is 2.77. The van der Waals surface area contributed by atoms with Crippen LogP contribution in [0.25, 0.3) is 0 Å². The van der Waals surface area contributed by atoms with E-state index in [4.69, 9.17) is 9.47 Å². The molecule has 26 heavy (non-hydrogen) atoms. The lowest BCUT2D eigenvalue weighted by Gasteiger charge is -2.17. The van der Waals surface area contributed by atoms with Crippen molar-refractivity contribution in [3.63, 3.8) is 0 Å². The van der Waals surface area contributed by atoms with E-state index in [0.29, 0.717) is 36.6 Å². The van der Waals surface area contributed by atoms with Gasteiger partial charge in [0.1, 0.15) is 16.9 Å². The van der Waals surface area contributed by atoms with Gasteiger partial charge < -0.3 is 20.1 Å². The van der Waals surface area contributed by atoms with Crippen LogP contribution in [0.4, 0.5) is 5.69 Å². The number of ether oxygens (including phenoxy) is 2. The first-order valence-electron chi connectivity index (χ1n) is 8.45. The largest absolute Gasteiger partial charge is 0.497 e. The van der Waals surface area contributed by atoms with Crippen LogP contribution in [-0.2, 0) is 16.1 Å². The Labute approximate surface area is 152 Å². The third-order valence-corrected chi connectivity index (χ3v) is 4.57. The molecule has 136 valence electrons. The number of anilines is 1. The number of hydrogen-bond donors (Lipinski definition) is 2. The van der Waals surface area contributed by atoms with Gasteiger partial charge in [0, 0.05) is 12.6 Å². The molecule has 1 saturated carbocycles. The summed E-state index contributed by atoms with van der Waals surface area (Å²) >= 11 is 0. The van der Waals surface area contributed by atoms with Crippen LogP contribution in [0.3, 0.4) is 0 Å². The Bertz CT molecular complexity index is 801.